The van der Waals surface area contributed by atoms with Crippen LogP contribution in [0, 0.1) is 0 Å². The van der Waals surface area contributed by atoms with E-state index in [1.165, 1.54) is 23.5 Å². The molecule has 0 N–H and O–H groups in total. The molecule has 0 unspecified atom stereocenters. The molecule has 0 atom stereocenters. The summed E-state index contributed by atoms with van der Waals surface area (Å²) >= 11 is 0. The van der Waals surface area contributed by atoms with Crippen molar-refractivity contribution in [3.05, 3.63) is 24.5 Å². The highest BCUT2D eigenvalue weighted by Crippen LogP contribution is 2.12. The molecular formula is C13H17N5O4. The molecule has 0 aromatic carbocycles. The van der Waals surface area contributed by atoms with Crippen molar-refractivity contribution in [1.29, 1.82) is 0 Å². The first-order chi connectivity index (χ1) is 10.8. The number of hydrogen-bond acceptors (Lipinski definition) is 8. The highest BCUT2D eigenvalue weighted by Gasteiger charge is 2.22. The van der Waals surface area contributed by atoms with Crippen LogP contribution in [0.5, 0.6) is 0 Å². The summed E-state index contributed by atoms with van der Waals surface area (Å²) < 4.78 is 15.0. The summed E-state index contributed by atoms with van der Waals surface area (Å²) in [6.45, 7) is 1.62. The number of hydrogen-bond donors (Lipinski definition) is 0. The largest absolute Gasteiger partial charge is 0.383 e. The Morgan fingerprint density at radius 3 is 2.55 bits per heavy atom. The highest BCUT2D eigenvalue weighted by atomic mass is 16.5. The summed E-state index contributed by atoms with van der Waals surface area (Å²) in [5, 5.41) is 3.75. The maximum absolute atomic E-state index is 12.4. The lowest BCUT2D eigenvalue weighted by atomic mass is 10.4. The predicted molar refractivity (Wildman–Crippen MR) is 75.0 cm³/mol. The van der Waals surface area contributed by atoms with Crippen molar-refractivity contribution in [3.63, 3.8) is 0 Å². The van der Waals surface area contributed by atoms with Crippen molar-refractivity contribution in [3.8, 4) is 11.5 Å². The van der Waals surface area contributed by atoms with Crippen molar-refractivity contribution < 1.29 is 18.8 Å². The van der Waals surface area contributed by atoms with Crippen LogP contribution in [0.2, 0.25) is 0 Å². The van der Waals surface area contributed by atoms with Gasteiger partial charge in [0, 0.05) is 39.7 Å². The number of amides is 1. The van der Waals surface area contributed by atoms with Crippen LogP contribution < -0.4 is 0 Å². The number of carbonyl (C=O) groups excluding carboxylic acids is 1. The van der Waals surface area contributed by atoms with Gasteiger partial charge in [-0.3, -0.25) is 9.78 Å². The zero-order chi connectivity index (χ0) is 15.8. The second-order valence-corrected chi connectivity index (χ2v) is 4.29. The van der Waals surface area contributed by atoms with Gasteiger partial charge in [0.1, 0.15) is 5.69 Å². The van der Waals surface area contributed by atoms with Crippen LogP contribution >= 0.6 is 0 Å². The van der Waals surface area contributed by atoms with E-state index in [0.717, 1.165) is 0 Å². The van der Waals surface area contributed by atoms with Crippen LogP contribution in [0.25, 0.3) is 11.5 Å². The lowest BCUT2D eigenvalue weighted by Crippen LogP contribution is -2.36. The molecule has 22 heavy (non-hydrogen) atoms. The zero-order valence-electron chi connectivity index (χ0n) is 12.4. The normalized spacial score (nSPS) is 10.6. The third kappa shape index (κ3) is 4.06. The molecular weight excluding hydrogens is 290 g/mol. The molecule has 0 bridgehead atoms. The smallest absolute Gasteiger partial charge is 0.316 e. The Labute approximate surface area is 127 Å². The number of methoxy groups -OCH3 is 2. The summed E-state index contributed by atoms with van der Waals surface area (Å²) in [6, 6.07) is 0. The molecule has 0 aliphatic carbocycles. The van der Waals surface area contributed by atoms with Crippen LogP contribution in [0.4, 0.5) is 0 Å². The van der Waals surface area contributed by atoms with Gasteiger partial charge in [-0.1, -0.05) is 5.16 Å². The van der Waals surface area contributed by atoms with Crippen molar-refractivity contribution in [2.45, 2.75) is 0 Å². The number of nitrogens with zero attached hydrogens (tertiary/aromatic N) is 5. The molecule has 118 valence electrons. The number of carbonyl (C=O) groups is 1. The van der Waals surface area contributed by atoms with Gasteiger partial charge in [-0.2, -0.15) is 4.98 Å². The maximum atomic E-state index is 12.4. The molecule has 2 aromatic rings. The van der Waals surface area contributed by atoms with E-state index >= 15 is 0 Å². The Balaban J connectivity index is 2.11. The molecule has 1 amide bonds. The van der Waals surface area contributed by atoms with Crippen molar-refractivity contribution >= 4 is 5.91 Å². The first-order valence-electron chi connectivity index (χ1n) is 6.63. The van der Waals surface area contributed by atoms with Gasteiger partial charge in [0.15, 0.2) is 0 Å². The minimum Gasteiger partial charge on any atom is -0.383 e. The van der Waals surface area contributed by atoms with E-state index in [1.807, 2.05) is 0 Å². The van der Waals surface area contributed by atoms with Gasteiger partial charge in [-0.25, -0.2) is 4.98 Å². The predicted octanol–water partition coefficient (Wildman–Crippen LogP) is 0.262. The lowest BCUT2D eigenvalue weighted by molar-refractivity contribution is 0.0582. The Bertz CT molecular complexity index is 581. The molecule has 0 aliphatic heterocycles. The summed E-state index contributed by atoms with van der Waals surface area (Å²) in [5.74, 6) is -0.264. The fourth-order valence-corrected chi connectivity index (χ4v) is 1.68. The van der Waals surface area contributed by atoms with Gasteiger partial charge in [0.25, 0.3) is 0 Å². The Kier molecular flexibility index (Phi) is 5.92. The molecule has 0 saturated heterocycles. The van der Waals surface area contributed by atoms with Crippen LogP contribution in [0.3, 0.4) is 0 Å². The van der Waals surface area contributed by atoms with E-state index in [-0.39, 0.29) is 17.6 Å². The summed E-state index contributed by atoms with van der Waals surface area (Å²) in [7, 11) is 3.13. The molecule has 0 aliphatic rings. The highest BCUT2D eigenvalue weighted by molar-refractivity contribution is 5.89. The molecule has 2 rings (SSSR count). The van der Waals surface area contributed by atoms with Gasteiger partial charge in [-0.05, 0) is 0 Å². The second kappa shape index (κ2) is 8.15. The topological polar surface area (TPSA) is 103 Å². The molecule has 0 fully saturated rings. The van der Waals surface area contributed by atoms with E-state index in [4.69, 9.17) is 14.0 Å². The maximum Gasteiger partial charge on any atom is 0.316 e. The number of aromatic nitrogens is 4. The Morgan fingerprint density at radius 2 is 1.95 bits per heavy atom. The fraction of sp³-hybridized carbons (Fsp3) is 0.462. The fourth-order valence-electron chi connectivity index (χ4n) is 1.68. The molecule has 9 nitrogen and oxygen atoms in total. The van der Waals surface area contributed by atoms with Crippen molar-refractivity contribution in [2.75, 3.05) is 40.5 Å². The van der Waals surface area contributed by atoms with Crippen LogP contribution in [0.15, 0.2) is 23.1 Å². The number of rotatable bonds is 8. The minimum absolute atomic E-state index is 0.104. The standard InChI is InChI=1S/C13H17N5O4/c1-20-7-5-18(6-8-21-2)13(19)12-16-11(17-22-12)10-9-14-3-4-15-10/h3-4,9H,5-8H2,1-2H3. The molecule has 0 saturated carbocycles. The van der Waals surface area contributed by atoms with Crippen molar-refractivity contribution in [1.82, 2.24) is 25.0 Å². The number of ether oxygens (including phenoxy) is 2. The molecule has 2 heterocycles. The van der Waals surface area contributed by atoms with E-state index in [9.17, 15) is 4.79 Å². The van der Waals surface area contributed by atoms with E-state index in [2.05, 4.69) is 20.1 Å². The average molecular weight is 307 g/mol. The first-order valence-corrected chi connectivity index (χ1v) is 6.63. The summed E-state index contributed by atoms with van der Waals surface area (Å²) in [5.41, 5.74) is 0.436. The Hall–Kier alpha value is -2.39. The zero-order valence-corrected chi connectivity index (χ0v) is 12.4. The third-order valence-corrected chi connectivity index (χ3v) is 2.82. The quantitative estimate of drug-likeness (QED) is 0.684. The molecule has 0 spiro atoms. The van der Waals surface area contributed by atoms with Gasteiger partial charge in [0.2, 0.25) is 5.82 Å². The molecule has 0 radical (unpaired) electrons. The van der Waals surface area contributed by atoms with E-state index in [0.29, 0.717) is 32.0 Å². The van der Waals surface area contributed by atoms with Crippen LogP contribution in [-0.4, -0.2) is 71.4 Å². The first kappa shape index (κ1) is 16.0. The van der Waals surface area contributed by atoms with Gasteiger partial charge in [0.05, 0.1) is 19.4 Å². The SMILES string of the molecule is COCCN(CCOC)C(=O)c1nc(-c2cnccn2)no1. The average Bonchev–Trinajstić information content (AvgIpc) is 3.05. The van der Waals surface area contributed by atoms with Crippen molar-refractivity contribution in [2.24, 2.45) is 0 Å². The van der Waals surface area contributed by atoms with Gasteiger partial charge in [-0.15, -0.1) is 0 Å². The lowest BCUT2D eigenvalue weighted by Gasteiger charge is -2.19. The van der Waals surface area contributed by atoms with Crippen LogP contribution in [0.1, 0.15) is 10.7 Å². The summed E-state index contributed by atoms with van der Waals surface area (Å²) in [6.07, 6.45) is 4.54. The van der Waals surface area contributed by atoms with Crippen LogP contribution in [-0.2, 0) is 9.47 Å². The minimum atomic E-state index is -0.378. The second-order valence-electron chi connectivity index (χ2n) is 4.29. The molecule has 9 heteroatoms. The van der Waals surface area contributed by atoms with E-state index in [1.54, 1.807) is 14.2 Å². The van der Waals surface area contributed by atoms with E-state index < -0.39 is 0 Å². The van der Waals surface area contributed by atoms with Gasteiger partial charge < -0.3 is 18.9 Å². The summed E-state index contributed by atoms with van der Waals surface area (Å²) in [4.78, 5) is 25.9. The molecule has 2 aromatic heterocycles. The Morgan fingerprint density at radius 1 is 1.23 bits per heavy atom. The monoisotopic (exact) mass is 307 g/mol. The van der Waals surface area contributed by atoms with Gasteiger partial charge >= 0.3 is 11.8 Å². The third-order valence-electron chi connectivity index (χ3n) is 2.82.